The van der Waals surface area contributed by atoms with Crippen molar-refractivity contribution in [2.75, 3.05) is 13.2 Å². The molecule has 0 heterocycles. The number of ether oxygens (including phenoxy) is 2. The molecule has 0 spiro atoms. The summed E-state index contributed by atoms with van der Waals surface area (Å²) in [4.78, 5) is 10.6. The van der Waals surface area contributed by atoms with Crippen LogP contribution in [-0.4, -0.2) is 29.4 Å². The maximum Gasteiger partial charge on any atom is 0.269 e. The molecule has 0 saturated carbocycles. The Labute approximate surface area is 187 Å². The van der Waals surface area contributed by atoms with Crippen molar-refractivity contribution in [2.45, 2.75) is 26.9 Å². The number of nitrogens with zero attached hydrogens (tertiary/aromatic N) is 2. The van der Waals surface area contributed by atoms with Gasteiger partial charge in [-0.1, -0.05) is 18.2 Å². The number of hydrogen-bond donors (Lipinski definition) is 2. The molecule has 2 aromatic rings. The Hall–Kier alpha value is -3.46. The molecule has 0 unspecified atom stereocenters. The Morgan fingerprint density at radius 2 is 2.10 bits per heavy atom. The van der Waals surface area contributed by atoms with Gasteiger partial charge in [0.2, 0.25) is 0 Å². The fourth-order valence-electron chi connectivity index (χ4n) is 2.77. The first kappa shape index (κ1) is 23.8. The topological polar surface area (TPSA) is 98.0 Å². The largest absolute Gasteiger partial charge is 0.490 e. The molecule has 0 radical (unpaired) electrons. The maximum atomic E-state index is 11.0. The number of non-ortho nitro benzene ring substituents is 1. The average molecular weight is 443 g/mol. The monoisotopic (exact) mass is 442 g/mol. The van der Waals surface area contributed by atoms with Gasteiger partial charge >= 0.3 is 0 Å². The Morgan fingerprint density at radius 3 is 2.77 bits per heavy atom. The van der Waals surface area contributed by atoms with Gasteiger partial charge in [0, 0.05) is 24.2 Å². The van der Waals surface area contributed by atoms with Crippen LogP contribution in [0, 0.1) is 10.1 Å². The van der Waals surface area contributed by atoms with Gasteiger partial charge in [-0.3, -0.25) is 15.5 Å². The van der Waals surface area contributed by atoms with E-state index in [1.165, 1.54) is 12.1 Å². The minimum Gasteiger partial charge on any atom is -0.490 e. The number of rotatable bonds is 11. The number of nitro benzene ring substituents is 1. The minimum atomic E-state index is -0.428. The molecule has 0 aliphatic rings. The lowest BCUT2D eigenvalue weighted by Crippen LogP contribution is -2.31. The molecule has 0 amide bonds. The van der Waals surface area contributed by atoms with E-state index in [0.717, 1.165) is 11.1 Å². The maximum absolute atomic E-state index is 11.0. The van der Waals surface area contributed by atoms with Crippen LogP contribution >= 0.6 is 12.2 Å². The number of hydrazone groups is 1. The first-order valence-corrected chi connectivity index (χ1v) is 10.2. The van der Waals surface area contributed by atoms with E-state index >= 15 is 0 Å². The van der Waals surface area contributed by atoms with Crippen molar-refractivity contribution in [1.29, 1.82) is 0 Å². The van der Waals surface area contributed by atoms with Crippen LogP contribution in [0.3, 0.4) is 0 Å². The highest BCUT2D eigenvalue weighted by molar-refractivity contribution is 7.80. The highest BCUT2D eigenvalue weighted by Gasteiger charge is 2.14. The quantitative estimate of drug-likeness (QED) is 0.178. The summed E-state index contributed by atoms with van der Waals surface area (Å²) in [6.45, 7) is 8.96. The van der Waals surface area contributed by atoms with Crippen molar-refractivity contribution in [1.82, 2.24) is 10.7 Å². The average Bonchev–Trinajstić information content (AvgIpc) is 2.74. The molecule has 2 aromatic carbocycles. The van der Waals surface area contributed by atoms with Crippen molar-refractivity contribution < 1.29 is 14.4 Å². The number of benzene rings is 2. The van der Waals surface area contributed by atoms with Crippen LogP contribution in [0.25, 0.3) is 0 Å². The van der Waals surface area contributed by atoms with Crippen LogP contribution in [0.1, 0.15) is 30.5 Å². The number of nitro groups is 1. The van der Waals surface area contributed by atoms with Gasteiger partial charge in [0.05, 0.1) is 17.7 Å². The van der Waals surface area contributed by atoms with Crippen molar-refractivity contribution >= 4 is 29.2 Å². The fraction of sp³-hybridized carbons (Fsp3) is 0.273. The number of thiocarbonyl (C=S) groups is 1. The summed E-state index contributed by atoms with van der Waals surface area (Å²) >= 11 is 5.09. The summed E-state index contributed by atoms with van der Waals surface area (Å²) in [6.07, 6.45) is 3.96. The van der Waals surface area contributed by atoms with Crippen LogP contribution < -0.4 is 20.2 Å². The molecular weight excluding hydrogens is 416 g/mol. The van der Waals surface area contributed by atoms with Crippen molar-refractivity contribution in [2.24, 2.45) is 5.10 Å². The molecule has 0 aromatic heterocycles. The third-order valence-corrected chi connectivity index (χ3v) is 4.28. The summed E-state index contributed by atoms with van der Waals surface area (Å²) in [5.74, 6) is 1.13. The van der Waals surface area contributed by atoms with Crippen LogP contribution in [0.5, 0.6) is 11.5 Å². The fourth-order valence-corrected chi connectivity index (χ4v) is 2.97. The van der Waals surface area contributed by atoms with E-state index in [1.54, 1.807) is 24.4 Å². The van der Waals surface area contributed by atoms with Crippen LogP contribution in [0.4, 0.5) is 5.69 Å². The van der Waals surface area contributed by atoms with E-state index in [-0.39, 0.29) is 12.3 Å². The van der Waals surface area contributed by atoms with Gasteiger partial charge in [0.15, 0.2) is 16.6 Å². The van der Waals surface area contributed by atoms with Gasteiger partial charge in [0.25, 0.3) is 5.69 Å². The zero-order valence-corrected chi connectivity index (χ0v) is 18.4. The number of hydrogen-bond acceptors (Lipinski definition) is 6. The zero-order chi connectivity index (χ0) is 22.6. The summed E-state index contributed by atoms with van der Waals surface area (Å²) in [5, 5.41) is 18.6. The Balaban J connectivity index is 2.28. The molecule has 8 nitrogen and oxygen atoms in total. The van der Waals surface area contributed by atoms with E-state index in [9.17, 15) is 10.1 Å². The molecule has 2 N–H and O–H groups in total. The van der Waals surface area contributed by atoms with E-state index in [0.29, 0.717) is 41.7 Å². The summed E-state index contributed by atoms with van der Waals surface area (Å²) < 4.78 is 11.8. The van der Waals surface area contributed by atoms with E-state index in [2.05, 4.69) is 22.4 Å². The summed E-state index contributed by atoms with van der Waals surface area (Å²) in [5.41, 5.74) is 5.13. The second kappa shape index (κ2) is 12.3. The van der Waals surface area contributed by atoms with Crippen molar-refractivity contribution in [3.63, 3.8) is 0 Å². The first-order chi connectivity index (χ1) is 15.0. The molecule has 0 fully saturated rings. The Bertz CT molecular complexity index is 963. The minimum absolute atomic E-state index is 0.0204. The smallest absolute Gasteiger partial charge is 0.269 e. The molecule has 0 atom stereocenters. The SMILES string of the molecule is C=CCc1cc(C=NNC(=S)NCC)cc(OCC)c1OCc1cccc([N+](=O)[O-])c1. The van der Waals surface area contributed by atoms with Crippen LogP contribution in [-0.2, 0) is 13.0 Å². The molecule has 164 valence electrons. The molecule has 2 rings (SSSR count). The zero-order valence-electron chi connectivity index (χ0n) is 17.6. The van der Waals surface area contributed by atoms with Gasteiger partial charge in [-0.25, -0.2) is 0 Å². The second-order valence-corrected chi connectivity index (χ2v) is 6.79. The molecule has 0 aliphatic heterocycles. The predicted octanol–water partition coefficient (Wildman–Crippen LogP) is 4.12. The third-order valence-electron chi connectivity index (χ3n) is 4.04. The van der Waals surface area contributed by atoms with Gasteiger partial charge in [-0.15, -0.1) is 6.58 Å². The van der Waals surface area contributed by atoms with Crippen LogP contribution in [0.15, 0.2) is 54.2 Å². The van der Waals surface area contributed by atoms with Crippen LogP contribution in [0.2, 0.25) is 0 Å². The van der Waals surface area contributed by atoms with Gasteiger partial charge in [-0.05, 0) is 55.7 Å². The van der Waals surface area contributed by atoms with Crippen molar-refractivity contribution in [3.05, 3.63) is 75.9 Å². The lowest BCUT2D eigenvalue weighted by Gasteiger charge is -2.17. The van der Waals surface area contributed by atoms with Gasteiger partial charge in [0.1, 0.15) is 6.61 Å². The molecule has 0 bridgehead atoms. The lowest BCUT2D eigenvalue weighted by molar-refractivity contribution is -0.384. The van der Waals surface area contributed by atoms with Gasteiger partial charge in [-0.2, -0.15) is 5.10 Å². The highest BCUT2D eigenvalue weighted by Crippen LogP contribution is 2.34. The molecular formula is C22H26N4O4S. The van der Waals surface area contributed by atoms with Crippen molar-refractivity contribution in [3.8, 4) is 11.5 Å². The summed E-state index contributed by atoms with van der Waals surface area (Å²) in [7, 11) is 0. The molecule has 0 saturated heterocycles. The summed E-state index contributed by atoms with van der Waals surface area (Å²) in [6, 6.07) is 10.1. The predicted molar refractivity (Wildman–Crippen MR) is 126 cm³/mol. The standard InChI is InChI=1S/C22H26N4O4S/c1-4-8-18-11-17(14-24-25-22(31)23-5-2)13-20(29-6-3)21(18)30-15-16-9-7-10-19(12-16)26(27)28/h4,7,9-14H,1,5-6,8,15H2,2-3H3,(H2,23,25,31). The van der Waals surface area contributed by atoms with E-state index in [4.69, 9.17) is 21.7 Å². The molecule has 9 heteroatoms. The number of nitrogens with one attached hydrogen (secondary N) is 2. The van der Waals surface area contributed by atoms with Gasteiger partial charge < -0.3 is 14.8 Å². The lowest BCUT2D eigenvalue weighted by atomic mass is 10.1. The Morgan fingerprint density at radius 1 is 1.29 bits per heavy atom. The van der Waals surface area contributed by atoms with E-state index < -0.39 is 4.92 Å². The Kier molecular flexibility index (Phi) is 9.44. The first-order valence-electron chi connectivity index (χ1n) is 9.82. The normalized spacial score (nSPS) is 10.5. The second-order valence-electron chi connectivity index (χ2n) is 6.38. The third kappa shape index (κ3) is 7.38. The highest BCUT2D eigenvalue weighted by atomic mass is 32.1. The van der Waals surface area contributed by atoms with E-state index in [1.807, 2.05) is 26.0 Å². The number of allylic oxidation sites excluding steroid dienone is 1. The molecule has 31 heavy (non-hydrogen) atoms. The molecule has 0 aliphatic carbocycles.